The number of hydrogen-bond donors (Lipinski definition) is 3. The third-order valence-corrected chi connectivity index (χ3v) is 5.55. The zero-order valence-electron chi connectivity index (χ0n) is 15.7. The number of benzene rings is 1. The van der Waals surface area contributed by atoms with Crippen molar-refractivity contribution in [3.05, 3.63) is 28.2 Å². The van der Waals surface area contributed by atoms with Gasteiger partial charge in [-0.05, 0) is 36.5 Å². The van der Waals surface area contributed by atoms with Crippen LogP contribution in [0.2, 0.25) is 10.0 Å². The second-order valence-corrected chi connectivity index (χ2v) is 8.75. The van der Waals surface area contributed by atoms with Crippen molar-refractivity contribution in [2.75, 3.05) is 18.1 Å². The Morgan fingerprint density at radius 2 is 2.00 bits per heavy atom. The number of nitrogens with one attached hydrogen (secondary N) is 1. The number of carbonyl (C=O) groups excluding carboxylic acids is 2. The van der Waals surface area contributed by atoms with E-state index in [4.69, 9.17) is 23.2 Å². The van der Waals surface area contributed by atoms with Crippen LogP contribution in [0.15, 0.2) is 18.2 Å². The van der Waals surface area contributed by atoms with Crippen LogP contribution in [-0.2, 0) is 9.59 Å². The molecule has 2 rings (SSSR count). The Morgan fingerprint density at radius 3 is 2.56 bits per heavy atom. The van der Waals surface area contributed by atoms with Crippen LogP contribution in [0.3, 0.4) is 0 Å². The average molecular weight is 417 g/mol. The van der Waals surface area contributed by atoms with Gasteiger partial charge < -0.3 is 20.4 Å². The first-order valence-electron chi connectivity index (χ1n) is 8.90. The molecule has 6 nitrogen and oxygen atoms in total. The van der Waals surface area contributed by atoms with E-state index in [1.165, 1.54) is 4.90 Å². The molecule has 0 radical (unpaired) electrons. The molecule has 0 aromatic heterocycles. The maximum atomic E-state index is 12.7. The first-order valence-corrected chi connectivity index (χ1v) is 9.66. The van der Waals surface area contributed by atoms with Gasteiger partial charge in [-0.1, -0.05) is 44.0 Å². The van der Waals surface area contributed by atoms with Gasteiger partial charge in [0, 0.05) is 12.2 Å². The second-order valence-electron chi connectivity index (χ2n) is 7.94. The minimum absolute atomic E-state index is 0.211. The van der Waals surface area contributed by atoms with E-state index >= 15 is 0 Å². The highest BCUT2D eigenvalue weighted by Gasteiger charge is 2.38. The molecule has 3 N–H and O–H groups in total. The number of anilines is 1. The molecule has 1 fully saturated rings. The summed E-state index contributed by atoms with van der Waals surface area (Å²) in [6.07, 6.45) is -0.115. The largest absolute Gasteiger partial charge is 0.394 e. The van der Waals surface area contributed by atoms with Crippen molar-refractivity contribution in [2.24, 2.45) is 11.3 Å². The van der Waals surface area contributed by atoms with E-state index in [-0.39, 0.29) is 24.3 Å². The van der Waals surface area contributed by atoms with E-state index in [2.05, 4.69) is 5.32 Å². The molecule has 0 aliphatic carbocycles. The number of aliphatic hydroxyl groups is 2. The van der Waals surface area contributed by atoms with E-state index in [1.54, 1.807) is 18.2 Å². The van der Waals surface area contributed by atoms with Crippen LogP contribution in [0, 0.1) is 11.3 Å². The fourth-order valence-electron chi connectivity index (χ4n) is 2.94. The Kier molecular flexibility index (Phi) is 7.14. The summed E-state index contributed by atoms with van der Waals surface area (Å²) in [5, 5.41) is 23.2. The first-order chi connectivity index (χ1) is 12.5. The summed E-state index contributed by atoms with van der Waals surface area (Å²) in [6.45, 7) is 5.72. The van der Waals surface area contributed by atoms with Gasteiger partial charge in [-0.25, -0.2) is 0 Å². The third kappa shape index (κ3) is 5.35. The summed E-state index contributed by atoms with van der Waals surface area (Å²) in [6, 6.07) is 4.27. The van der Waals surface area contributed by atoms with Gasteiger partial charge in [0.2, 0.25) is 11.8 Å². The molecule has 1 aliphatic rings. The summed E-state index contributed by atoms with van der Waals surface area (Å²) >= 11 is 11.9. The van der Waals surface area contributed by atoms with E-state index in [9.17, 15) is 19.8 Å². The fraction of sp³-hybridized carbons (Fsp3) is 0.579. The zero-order valence-corrected chi connectivity index (χ0v) is 17.2. The van der Waals surface area contributed by atoms with Crippen molar-refractivity contribution in [2.45, 2.75) is 45.8 Å². The number of nitrogens with zero attached hydrogens (tertiary/aromatic N) is 1. The van der Waals surface area contributed by atoms with Crippen molar-refractivity contribution in [1.82, 2.24) is 5.32 Å². The van der Waals surface area contributed by atoms with Gasteiger partial charge in [0.25, 0.3) is 0 Å². The highest BCUT2D eigenvalue weighted by molar-refractivity contribution is 6.42. The molecule has 1 saturated heterocycles. The lowest BCUT2D eigenvalue weighted by atomic mass is 9.85. The van der Waals surface area contributed by atoms with E-state index in [0.29, 0.717) is 28.7 Å². The smallest absolute Gasteiger partial charge is 0.239 e. The molecule has 0 spiro atoms. The van der Waals surface area contributed by atoms with Gasteiger partial charge in [-0.3, -0.25) is 9.59 Å². The van der Waals surface area contributed by atoms with Crippen LogP contribution in [-0.4, -0.2) is 47.3 Å². The topological polar surface area (TPSA) is 89.9 Å². The summed E-state index contributed by atoms with van der Waals surface area (Å²) in [5.41, 5.74) is 0.220. The van der Waals surface area contributed by atoms with Gasteiger partial charge in [-0.15, -0.1) is 0 Å². The fourth-order valence-corrected chi connectivity index (χ4v) is 3.23. The summed E-state index contributed by atoms with van der Waals surface area (Å²) < 4.78 is 0. The Bertz CT molecular complexity index is 705. The number of aliphatic hydroxyl groups excluding tert-OH is 2. The first kappa shape index (κ1) is 22.0. The van der Waals surface area contributed by atoms with Crippen LogP contribution < -0.4 is 10.2 Å². The molecule has 27 heavy (non-hydrogen) atoms. The normalized spacial score (nSPS) is 19.9. The maximum absolute atomic E-state index is 12.7. The standard InChI is InChI=1S/C19H26Cl2N2O4/c1-19(2,3)16(25)8-11(10-24)22-17(26)13-6-7-23(18(13)27)12-4-5-14(20)15(21)9-12/h4-5,9,11,13,16,24-25H,6-8,10H2,1-3H3,(H,22,26)/t11-,13+,16+/m0/s1. The van der Waals surface area contributed by atoms with E-state index < -0.39 is 24.0 Å². The Morgan fingerprint density at radius 1 is 1.33 bits per heavy atom. The van der Waals surface area contributed by atoms with Crippen LogP contribution in [0.5, 0.6) is 0 Å². The molecule has 0 unspecified atom stereocenters. The molecule has 150 valence electrons. The molecule has 2 amide bonds. The Hall–Kier alpha value is -1.34. The van der Waals surface area contributed by atoms with E-state index in [0.717, 1.165) is 0 Å². The Balaban J connectivity index is 2.02. The van der Waals surface area contributed by atoms with Crippen molar-refractivity contribution in [1.29, 1.82) is 0 Å². The van der Waals surface area contributed by atoms with Crippen molar-refractivity contribution >= 4 is 40.7 Å². The summed E-state index contributed by atoms with van der Waals surface area (Å²) in [7, 11) is 0. The highest BCUT2D eigenvalue weighted by Crippen LogP contribution is 2.31. The lowest BCUT2D eigenvalue weighted by Crippen LogP contribution is -2.46. The molecule has 1 heterocycles. The quantitative estimate of drug-likeness (QED) is 0.621. The molecule has 1 aliphatic heterocycles. The van der Waals surface area contributed by atoms with Gasteiger partial charge >= 0.3 is 0 Å². The number of amides is 2. The molecular weight excluding hydrogens is 391 g/mol. The van der Waals surface area contributed by atoms with Crippen LogP contribution in [0.1, 0.15) is 33.6 Å². The van der Waals surface area contributed by atoms with Gasteiger partial charge in [0.15, 0.2) is 0 Å². The van der Waals surface area contributed by atoms with Crippen molar-refractivity contribution in [3.8, 4) is 0 Å². The SMILES string of the molecule is CC(C)(C)[C@H](O)C[C@@H](CO)NC(=O)[C@H]1CCN(c2ccc(Cl)c(Cl)c2)C1=O. The molecule has 0 saturated carbocycles. The molecule has 0 bridgehead atoms. The molecule has 1 aromatic rings. The van der Waals surface area contributed by atoms with Crippen LogP contribution in [0.25, 0.3) is 0 Å². The minimum Gasteiger partial charge on any atom is -0.394 e. The molecular formula is C19H26Cl2N2O4. The molecule has 8 heteroatoms. The zero-order chi connectivity index (χ0) is 20.4. The lowest BCUT2D eigenvalue weighted by Gasteiger charge is -2.29. The predicted octanol–water partition coefficient (Wildman–Crippen LogP) is 2.62. The molecule has 1 aromatic carbocycles. The van der Waals surface area contributed by atoms with Gasteiger partial charge in [0.05, 0.1) is 28.8 Å². The van der Waals surface area contributed by atoms with Gasteiger partial charge in [0.1, 0.15) is 5.92 Å². The number of hydrogen-bond acceptors (Lipinski definition) is 4. The highest BCUT2D eigenvalue weighted by atomic mass is 35.5. The number of carbonyl (C=O) groups is 2. The predicted molar refractivity (Wildman–Crippen MR) is 106 cm³/mol. The maximum Gasteiger partial charge on any atom is 0.239 e. The lowest BCUT2D eigenvalue weighted by molar-refractivity contribution is -0.133. The van der Waals surface area contributed by atoms with Gasteiger partial charge in [-0.2, -0.15) is 0 Å². The average Bonchev–Trinajstić information content (AvgIpc) is 2.97. The third-order valence-electron chi connectivity index (χ3n) is 4.81. The second kappa shape index (κ2) is 8.78. The van der Waals surface area contributed by atoms with Crippen LogP contribution >= 0.6 is 23.2 Å². The van der Waals surface area contributed by atoms with E-state index in [1.807, 2.05) is 20.8 Å². The summed E-state index contributed by atoms with van der Waals surface area (Å²) in [4.78, 5) is 26.7. The molecule has 3 atom stereocenters. The number of rotatable bonds is 6. The van der Waals surface area contributed by atoms with Crippen LogP contribution in [0.4, 0.5) is 5.69 Å². The Labute approximate surface area is 169 Å². The summed E-state index contributed by atoms with van der Waals surface area (Å²) in [5.74, 6) is -1.60. The minimum atomic E-state index is -0.833. The van der Waals surface area contributed by atoms with Crippen molar-refractivity contribution < 1.29 is 19.8 Å². The monoisotopic (exact) mass is 416 g/mol. The van der Waals surface area contributed by atoms with Crippen molar-refractivity contribution in [3.63, 3.8) is 0 Å². The number of halogens is 2.